The van der Waals surface area contributed by atoms with E-state index in [4.69, 9.17) is 5.73 Å². The molecular formula is C14H21N3O. The molecular weight excluding hydrogens is 226 g/mol. The highest BCUT2D eigenvalue weighted by molar-refractivity contribution is 5.76. The van der Waals surface area contributed by atoms with E-state index in [1.54, 1.807) is 4.57 Å². The van der Waals surface area contributed by atoms with E-state index in [0.29, 0.717) is 5.92 Å². The first-order valence-corrected chi connectivity index (χ1v) is 6.54. The van der Waals surface area contributed by atoms with Gasteiger partial charge in [-0.15, -0.1) is 0 Å². The Balaban J connectivity index is 2.60. The van der Waals surface area contributed by atoms with Crippen molar-refractivity contribution < 1.29 is 0 Å². The fourth-order valence-corrected chi connectivity index (χ4v) is 2.25. The van der Waals surface area contributed by atoms with Crippen molar-refractivity contribution in [2.24, 2.45) is 5.73 Å². The van der Waals surface area contributed by atoms with E-state index in [1.165, 1.54) is 5.56 Å². The number of rotatable bonds is 4. The van der Waals surface area contributed by atoms with E-state index < -0.39 is 0 Å². The molecule has 0 aliphatic rings. The van der Waals surface area contributed by atoms with E-state index in [2.05, 4.69) is 37.9 Å². The van der Waals surface area contributed by atoms with Crippen LogP contribution in [-0.2, 0) is 0 Å². The van der Waals surface area contributed by atoms with Gasteiger partial charge in [-0.3, -0.25) is 4.57 Å². The van der Waals surface area contributed by atoms with E-state index in [-0.39, 0.29) is 11.9 Å². The van der Waals surface area contributed by atoms with Crippen LogP contribution in [0.1, 0.15) is 51.3 Å². The van der Waals surface area contributed by atoms with Gasteiger partial charge in [-0.1, -0.05) is 33.3 Å². The Morgan fingerprint density at radius 3 is 2.72 bits per heavy atom. The summed E-state index contributed by atoms with van der Waals surface area (Å²) in [6.07, 6.45) is 1.52. The van der Waals surface area contributed by atoms with Gasteiger partial charge in [0.2, 0.25) is 0 Å². The Hall–Kier alpha value is -1.55. The predicted molar refractivity (Wildman–Crippen MR) is 74.8 cm³/mol. The molecule has 2 rings (SSSR count). The minimum atomic E-state index is -0.251. The summed E-state index contributed by atoms with van der Waals surface area (Å²) in [5, 5.41) is 0. The van der Waals surface area contributed by atoms with Crippen molar-refractivity contribution in [3.05, 3.63) is 34.2 Å². The van der Waals surface area contributed by atoms with Gasteiger partial charge in [-0.25, -0.2) is 4.79 Å². The maximum Gasteiger partial charge on any atom is 0.327 e. The predicted octanol–water partition coefficient (Wildman–Crippen LogP) is 2.71. The maximum absolute atomic E-state index is 12.0. The minimum Gasteiger partial charge on any atom is -0.311 e. The monoisotopic (exact) mass is 247 g/mol. The molecule has 0 aliphatic carbocycles. The summed E-state index contributed by atoms with van der Waals surface area (Å²) in [6, 6.07) is 6.08. The van der Waals surface area contributed by atoms with Gasteiger partial charge in [-0.2, -0.15) is 0 Å². The standard InChI is InChI=1S/C14H21N3O/c1-4-5-13(15)17-12-8-10(9(2)3)6-7-11(12)16-14(17)18/h6-9,13H,4-5,15H2,1-3H3,(H,16,18). The van der Waals surface area contributed by atoms with Gasteiger partial charge < -0.3 is 10.7 Å². The van der Waals surface area contributed by atoms with Crippen molar-refractivity contribution in [2.45, 2.75) is 45.7 Å². The molecule has 0 fully saturated rings. The molecule has 1 unspecified atom stereocenters. The average molecular weight is 247 g/mol. The van der Waals surface area contributed by atoms with E-state index in [1.807, 2.05) is 6.07 Å². The molecule has 0 spiro atoms. The lowest BCUT2D eigenvalue weighted by molar-refractivity contribution is 0.477. The van der Waals surface area contributed by atoms with Crippen LogP contribution < -0.4 is 11.4 Å². The van der Waals surface area contributed by atoms with Gasteiger partial charge in [0, 0.05) is 0 Å². The molecule has 2 aromatic rings. The second kappa shape index (κ2) is 4.98. The summed E-state index contributed by atoms with van der Waals surface area (Å²) in [5.74, 6) is 0.440. The molecule has 0 saturated carbocycles. The Morgan fingerprint density at radius 2 is 2.11 bits per heavy atom. The Morgan fingerprint density at radius 1 is 1.39 bits per heavy atom. The summed E-state index contributed by atoms with van der Waals surface area (Å²) in [4.78, 5) is 14.8. The topological polar surface area (TPSA) is 63.8 Å². The molecule has 0 bridgehead atoms. The van der Waals surface area contributed by atoms with Crippen LogP contribution in [0, 0.1) is 0 Å². The normalized spacial score (nSPS) is 13.4. The van der Waals surface area contributed by atoms with Crippen LogP contribution in [0.4, 0.5) is 0 Å². The number of nitrogens with two attached hydrogens (primary N) is 1. The van der Waals surface area contributed by atoms with Crippen LogP contribution in [0.5, 0.6) is 0 Å². The maximum atomic E-state index is 12.0. The first kappa shape index (κ1) is 12.9. The van der Waals surface area contributed by atoms with Gasteiger partial charge in [0.05, 0.1) is 17.2 Å². The van der Waals surface area contributed by atoms with Gasteiger partial charge >= 0.3 is 5.69 Å². The largest absolute Gasteiger partial charge is 0.327 e. The fraction of sp³-hybridized carbons (Fsp3) is 0.500. The Labute approximate surface area is 107 Å². The first-order valence-electron chi connectivity index (χ1n) is 6.54. The van der Waals surface area contributed by atoms with Gasteiger partial charge in [-0.05, 0) is 30.0 Å². The van der Waals surface area contributed by atoms with Gasteiger partial charge in [0.1, 0.15) is 0 Å². The molecule has 1 aromatic carbocycles. The summed E-state index contributed by atoms with van der Waals surface area (Å²) in [5.41, 5.74) is 8.96. The highest BCUT2D eigenvalue weighted by Gasteiger charge is 2.13. The first-order chi connectivity index (χ1) is 8.54. The van der Waals surface area contributed by atoms with Crippen LogP contribution in [0.3, 0.4) is 0 Å². The number of hydrogen-bond acceptors (Lipinski definition) is 2. The minimum absolute atomic E-state index is 0.119. The lowest BCUT2D eigenvalue weighted by Gasteiger charge is -2.13. The molecule has 0 aliphatic heterocycles. The summed E-state index contributed by atoms with van der Waals surface area (Å²) in [6.45, 7) is 6.35. The Kier molecular flexibility index (Phi) is 3.57. The van der Waals surface area contributed by atoms with E-state index in [0.717, 1.165) is 23.9 Å². The molecule has 3 N–H and O–H groups in total. The van der Waals surface area contributed by atoms with Crippen LogP contribution >= 0.6 is 0 Å². The van der Waals surface area contributed by atoms with Crippen LogP contribution in [-0.4, -0.2) is 9.55 Å². The number of benzene rings is 1. The molecule has 0 amide bonds. The van der Waals surface area contributed by atoms with Crippen LogP contribution in [0.2, 0.25) is 0 Å². The second-order valence-corrected chi connectivity index (χ2v) is 5.09. The number of imidazole rings is 1. The summed E-state index contributed by atoms with van der Waals surface area (Å²) < 4.78 is 1.67. The summed E-state index contributed by atoms with van der Waals surface area (Å²) in [7, 11) is 0. The quantitative estimate of drug-likeness (QED) is 0.872. The highest BCUT2D eigenvalue weighted by atomic mass is 16.1. The number of nitrogens with zero attached hydrogens (tertiary/aromatic N) is 1. The zero-order valence-electron chi connectivity index (χ0n) is 11.2. The SMILES string of the molecule is CCCC(N)n1c(=O)[nH]c2ccc(C(C)C)cc21. The smallest absolute Gasteiger partial charge is 0.311 e. The van der Waals surface area contributed by atoms with Crippen molar-refractivity contribution in [1.82, 2.24) is 9.55 Å². The molecule has 0 saturated heterocycles. The number of aromatic nitrogens is 2. The molecule has 4 heteroatoms. The van der Waals surface area contributed by atoms with E-state index >= 15 is 0 Å². The van der Waals surface area contributed by atoms with Crippen LogP contribution in [0.25, 0.3) is 11.0 Å². The van der Waals surface area contributed by atoms with Crippen molar-refractivity contribution in [3.8, 4) is 0 Å². The third-order valence-corrected chi connectivity index (χ3v) is 3.32. The second-order valence-electron chi connectivity index (χ2n) is 5.09. The highest BCUT2D eigenvalue weighted by Crippen LogP contribution is 2.21. The van der Waals surface area contributed by atoms with Crippen molar-refractivity contribution in [3.63, 3.8) is 0 Å². The van der Waals surface area contributed by atoms with Crippen molar-refractivity contribution in [2.75, 3.05) is 0 Å². The molecule has 4 nitrogen and oxygen atoms in total. The fourth-order valence-electron chi connectivity index (χ4n) is 2.25. The molecule has 0 radical (unpaired) electrons. The molecule has 1 aromatic heterocycles. The molecule has 98 valence electrons. The number of nitrogens with one attached hydrogen (secondary N) is 1. The number of hydrogen-bond donors (Lipinski definition) is 2. The molecule has 1 heterocycles. The third-order valence-electron chi connectivity index (χ3n) is 3.32. The summed E-state index contributed by atoms with van der Waals surface area (Å²) >= 11 is 0. The number of H-pyrrole nitrogens is 1. The van der Waals surface area contributed by atoms with Crippen molar-refractivity contribution >= 4 is 11.0 Å². The van der Waals surface area contributed by atoms with Crippen molar-refractivity contribution in [1.29, 1.82) is 0 Å². The number of fused-ring (bicyclic) bond motifs is 1. The van der Waals surface area contributed by atoms with Crippen LogP contribution in [0.15, 0.2) is 23.0 Å². The molecule has 1 atom stereocenters. The molecule has 18 heavy (non-hydrogen) atoms. The van der Waals surface area contributed by atoms with E-state index in [9.17, 15) is 4.79 Å². The zero-order valence-corrected chi connectivity index (χ0v) is 11.2. The number of aromatic amines is 1. The zero-order chi connectivity index (χ0) is 13.3. The lowest BCUT2D eigenvalue weighted by atomic mass is 10.0. The van der Waals surface area contributed by atoms with Gasteiger partial charge in [0.15, 0.2) is 0 Å². The third kappa shape index (κ3) is 2.20. The lowest BCUT2D eigenvalue weighted by Crippen LogP contribution is -2.28. The van der Waals surface area contributed by atoms with Gasteiger partial charge in [0.25, 0.3) is 0 Å². The average Bonchev–Trinajstić information content (AvgIpc) is 2.63. The Bertz CT molecular complexity index is 595.